The van der Waals surface area contributed by atoms with E-state index < -0.39 is 9.84 Å². The maximum atomic E-state index is 14.1. The number of hydrogen-bond donors (Lipinski definition) is 0. The zero-order valence-electron chi connectivity index (χ0n) is 21.2. The van der Waals surface area contributed by atoms with E-state index in [9.17, 15) is 8.42 Å². The molecule has 1 aliphatic heterocycles. The van der Waals surface area contributed by atoms with Crippen LogP contribution in [0.5, 0.6) is 0 Å². The van der Waals surface area contributed by atoms with E-state index in [0.717, 1.165) is 28.1 Å². The number of aromatic nitrogens is 3. The molecular formula is C33H23N3O2S. The molecular weight excluding hydrogens is 502 g/mol. The summed E-state index contributed by atoms with van der Waals surface area (Å²) in [5.41, 5.74) is 6.87. The number of fused-ring (bicyclic) bond motifs is 5. The molecule has 0 saturated heterocycles. The van der Waals surface area contributed by atoms with Gasteiger partial charge in [-0.1, -0.05) is 73.7 Å². The van der Waals surface area contributed by atoms with Crippen LogP contribution in [0.15, 0.2) is 119 Å². The Labute approximate surface area is 225 Å². The lowest BCUT2D eigenvalue weighted by Gasteiger charge is -2.22. The lowest BCUT2D eigenvalue weighted by molar-refractivity contribution is 0.594. The Morgan fingerprint density at radius 2 is 1.33 bits per heavy atom. The van der Waals surface area contributed by atoms with Gasteiger partial charge in [0.15, 0.2) is 0 Å². The van der Waals surface area contributed by atoms with Crippen LogP contribution in [-0.4, -0.2) is 22.5 Å². The van der Waals surface area contributed by atoms with Crippen molar-refractivity contribution in [2.45, 2.75) is 23.1 Å². The molecule has 0 radical (unpaired) electrons. The summed E-state index contributed by atoms with van der Waals surface area (Å²) in [4.78, 5) is 5.45. The third-order valence-corrected chi connectivity index (χ3v) is 9.71. The SMILES string of the molecule is CCc1nc2ccc(-c3ccc(-n4c5ccccc5c5ccccc54)cc3)c3c2n1-c1ccccc1S3(=O)=O. The van der Waals surface area contributed by atoms with Gasteiger partial charge in [-0.2, -0.15) is 0 Å². The van der Waals surface area contributed by atoms with E-state index in [1.54, 1.807) is 12.1 Å². The molecule has 7 aromatic rings. The van der Waals surface area contributed by atoms with Crippen molar-refractivity contribution in [1.29, 1.82) is 0 Å². The van der Waals surface area contributed by atoms with E-state index in [-0.39, 0.29) is 0 Å². The van der Waals surface area contributed by atoms with Crippen molar-refractivity contribution in [3.63, 3.8) is 0 Å². The van der Waals surface area contributed by atoms with Crippen molar-refractivity contribution in [1.82, 2.24) is 14.1 Å². The van der Waals surface area contributed by atoms with Crippen LogP contribution in [0.3, 0.4) is 0 Å². The average molecular weight is 526 g/mol. The summed E-state index contributed by atoms with van der Waals surface area (Å²) in [6, 6.07) is 36.1. The van der Waals surface area contributed by atoms with Gasteiger partial charge in [0.1, 0.15) is 10.7 Å². The molecule has 8 rings (SSSR count). The monoisotopic (exact) mass is 525 g/mol. The molecule has 0 N–H and O–H groups in total. The lowest BCUT2D eigenvalue weighted by Crippen LogP contribution is -2.16. The number of sulfone groups is 1. The molecule has 0 atom stereocenters. The van der Waals surface area contributed by atoms with Gasteiger partial charge in [-0.15, -0.1) is 0 Å². The molecule has 0 aliphatic carbocycles. The molecule has 0 unspecified atom stereocenters. The molecule has 0 spiro atoms. The van der Waals surface area contributed by atoms with Gasteiger partial charge in [-0.05, 0) is 48.0 Å². The number of hydrogen-bond acceptors (Lipinski definition) is 3. The van der Waals surface area contributed by atoms with Crippen LogP contribution in [0, 0.1) is 0 Å². The normalized spacial score (nSPS) is 13.8. The van der Waals surface area contributed by atoms with Gasteiger partial charge in [0.2, 0.25) is 9.84 Å². The second-order valence-electron chi connectivity index (χ2n) is 9.91. The minimum atomic E-state index is -3.76. The van der Waals surface area contributed by atoms with Crippen molar-refractivity contribution in [3.05, 3.63) is 115 Å². The molecule has 5 aromatic carbocycles. The molecule has 0 bridgehead atoms. The van der Waals surface area contributed by atoms with Crippen molar-refractivity contribution in [2.24, 2.45) is 0 Å². The number of rotatable bonds is 3. The summed E-state index contributed by atoms with van der Waals surface area (Å²) in [6.07, 6.45) is 0.700. The van der Waals surface area contributed by atoms with E-state index in [2.05, 4.69) is 65.2 Å². The summed E-state index contributed by atoms with van der Waals surface area (Å²) in [6.45, 7) is 2.05. The zero-order valence-corrected chi connectivity index (χ0v) is 22.0. The molecule has 6 heteroatoms. The predicted octanol–water partition coefficient (Wildman–Crippen LogP) is 7.50. The quantitative estimate of drug-likeness (QED) is 0.240. The number of para-hydroxylation sites is 3. The van der Waals surface area contributed by atoms with E-state index in [1.807, 2.05) is 47.9 Å². The van der Waals surface area contributed by atoms with Gasteiger partial charge < -0.3 is 4.57 Å². The molecule has 0 saturated carbocycles. The summed E-state index contributed by atoms with van der Waals surface area (Å²) in [5, 5.41) is 2.41. The van der Waals surface area contributed by atoms with Crippen molar-refractivity contribution >= 4 is 42.7 Å². The lowest BCUT2D eigenvalue weighted by atomic mass is 10.0. The van der Waals surface area contributed by atoms with Gasteiger partial charge in [0, 0.05) is 28.4 Å². The fraction of sp³-hybridized carbons (Fsp3) is 0.0606. The Bertz CT molecular complexity index is 2170. The van der Waals surface area contributed by atoms with Crippen molar-refractivity contribution < 1.29 is 8.42 Å². The minimum absolute atomic E-state index is 0.320. The standard InChI is InChI=1S/C33H23N3O2S/c1-2-31-34-26-20-19-23(33-32(26)36(31)29-13-7-8-14-30(29)39(33,37)38)21-15-17-22(18-16-21)35-27-11-5-3-9-24(27)25-10-4-6-12-28(25)35/h3-20H,2H2,1H3. The highest BCUT2D eigenvalue weighted by Crippen LogP contribution is 2.44. The van der Waals surface area contributed by atoms with Crippen LogP contribution in [0.2, 0.25) is 0 Å². The van der Waals surface area contributed by atoms with E-state index in [1.165, 1.54) is 10.8 Å². The van der Waals surface area contributed by atoms with Crippen LogP contribution in [0.1, 0.15) is 12.7 Å². The highest BCUT2D eigenvalue weighted by atomic mass is 32.2. The Kier molecular flexibility index (Phi) is 4.53. The number of nitrogens with zero attached hydrogens (tertiary/aromatic N) is 3. The highest BCUT2D eigenvalue weighted by Gasteiger charge is 2.35. The van der Waals surface area contributed by atoms with Gasteiger partial charge in [0.05, 0.1) is 32.6 Å². The molecule has 1 aliphatic rings. The molecule has 3 heterocycles. The van der Waals surface area contributed by atoms with E-state index >= 15 is 0 Å². The van der Waals surface area contributed by atoms with Gasteiger partial charge in [-0.3, -0.25) is 4.57 Å². The summed E-state index contributed by atoms with van der Waals surface area (Å²) >= 11 is 0. The number of imidazole rings is 1. The third-order valence-electron chi connectivity index (χ3n) is 7.84. The van der Waals surface area contributed by atoms with Crippen LogP contribution < -0.4 is 0 Å². The van der Waals surface area contributed by atoms with Crippen LogP contribution in [0.4, 0.5) is 0 Å². The fourth-order valence-corrected chi connectivity index (χ4v) is 7.99. The van der Waals surface area contributed by atoms with Gasteiger partial charge in [-0.25, -0.2) is 13.4 Å². The maximum Gasteiger partial charge on any atom is 0.211 e. The number of benzene rings is 5. The Morgan fingerprint density at radius 1 is 0.692 bits per heavy atom. The maximum absolute atomic E-state index is 14.1. The van der Waals surface area contributed by atoms with Crippen LogP contribution in [-0.2, 0) is 16.3 Å². The first-order valence-electron chi connectivity index (χ1n) is 13.1. The van der Waals surface area contributed by atoms with Gasteiger partial charge in [0.25, 0.3) is 0 Å². The smallest absolute Gasteiger partial charge is 0.211 e. The summed E-state index contributed by atoms with van der Waals surface area (Å²) < 4.78 is 32.4. The fourth-order valence-electron chi connectivity index (χ4n) is 6.15. The first-order valence-corrected chi connectivity index (χ1v) is 14.5. The van der Waals surface area contributed by atoms with Crippen LogP contribution >= 0.6 is 0 Å². The molecule has 5 nitrogen and oxygen atoms in total. The van der Waals surface area contributed by atoms with Crippen LogP contribution in [0.25, 0.3) is 55.3 Å². The summed E-state index contributed by atoms with van der Waals surface area (Å²) in [7, 11) is -3.76. The highest BCUT2D eigenvalue weighted by molar-refractivity contribution is 7.92. The largest absolute Gasteiger partial charge is 0.309 e. The topological polar surface area (TPSA) is 56.9 Å². The Balaban J connectivity index is 1.37. The Morgan fingerprint density at radius 3 is 2.03 bits per heavy atom. The van der Waals surface area contributed by atoms with Gasteiger partial charge >= 0.3 is 0 Å². The molecule has 2 aromatic heterocycles. The first-order chi connectivity index (χ1) is 19.1. The molecule has 188 valence electrons. The van der Waals surface area contributed by atoms with E-state index in [0.29, 0.717) is 38.5 Å². The van der Waals surface area contributed by atoms with Crippen molar-refractivity contribution in [2.75, 3.05) is 0 Å². The van der Waals surface area contributed by atoms with Crippen molar-refractivity contribution in [3.8, 4) is 22.5 Å². The third kappa shape index (κ3) is 2.95. The second kappa shape index (κ2) is 7.91. The molecule has 0 amide bonds. The summed E-state index contributed by atoms with van der Waals surface area (Å²) in [5.74, 6) is 0.854. The minimum Gasteiger partial charge on any atom is -0.309 e. The number of aryl methyl sites for hydroxylation is 1. The predicted molar refractivity (Wildman–Crippen MR) is 156 cm³/mol. The first kappa shape index (κ1) is 22.3. The van der Waals surface area contributed by atoms with E-state index in [4.69, 9.17) is 4.98 Å². The average Bonchev–Trinajstić information content (AvgIpc) is 3.52. The zero-order chi connectivity index (χ0) is 26.3. The molecule has 39 heavy (non-hydrogen) atoms. The Hall–Kier alpha value is -4.68. The molecule has 0 fully saturated rings. The second-order valence-corrected chi connectivity index (χ2v) is 11.8.